The lowest BCUT2D eigenvalue weighted by Gasteiger charge is -2.34. The van der Waals surface area contributed by atoms with Crippen LogP contribution in [-0.2, 0) is 14.6 Å². The van der Waals surface area contributed by atoms with Gasteiger partial charge in [0.15, 0.2) is 9.84 Å². The molecule has 0 radical (unpaired) electrons. The molecule has 1 saturated heterocycles. The molecule has 0 saturated carbocycles. The van der Waals surface area contributed by atoms with Crippen molar-refractivity contribution in [3.63, 3.8) is 0 Å². The minimum absolute atomic E-state index is 0.0508. The Morgan fingerprint density at radius 3 is 2.56 bits per heavy atom. The Bertz CT molecular complexity index is 1240. The van der Waals surface area contributed by atoms with Crippen molar-refractivity contribution in [3.8, 4) is 0 Å². The number of nitrogens with one attached hydrogen (secondary N) is 1. The van der Waals surface area contributed by atoms with Crippen LogP contribution in [0.1, 0.15) is 25.0 Å². The Morgan fingerprint density at radius 2 is 1.81 bits per heavy atom. The topological polar surface area (TPSA) is 79.4 Å². The molecule has 0 spiro atoms. The van der Waals surface area contributed by atoms with Crippen molar-refractivity contribution in [2.75, 3.05) is 23.7 Å². The third-order valence-corrected chi connectivity index (χ3v) is 7.79. The molecule has 4 rings (SSSR count). The number of carbonyl (C=O) groups is 1. The molecule has 0 bridgehead atoms. The number of piperidine rings is 1. The second-order valence-corrected chi connectivity index (χ2v) is 10.8. The fraction of sp³-hybridized carbons (Fsp3) is 0.333. The lowest BCUT2D eigenvalue weighted by atomic mass is 10.0. The van der Waals surface area contributed by atoms with E-state index >= 15 is 0 Å². The summed E-state index contributed by atoms with van der Waals surface area (Å²) in [6.45, 7) is 3.65. The van der Waals surface area contributed by atoms with E-state index in [9.17, 15) is 13.2 Å². The molecule has 6 nitrogen and oxygen atoms in total. The van der Waals surface area contributed by atoms with Gasteiger partial charge in [-0.1, -0.05) is 23.7 Å². The Balaban J connectivity index is 1.29. The molecule has 0 unspecified atom stereocenters. The highest BCUT2D eigenvalue weighted by Gasteiger charge is 2.22. The van der Waals surface area contributed by atoms with E-state index in [1.54, 1.807) is 36.4 Å². The number of anilines is 1. The molecular formula is C24H26ClN3O3S. The minimum atomic E-state index is -3.55. The average molecular weight is 472 g/mol. The van der Waals surface area contributed by atoms with Gasteiger partial charge in [0.1, 0.15) is 0 Å². The molecule has 2 aromatic carbocycles. The minimum Gasteiger partial charge on any atom is -0.371 e. The van der Waals surface area contributed by atoms with Gasteiger partial charge >= 0.3 is 0 Å². The number of aromatic nitrogens is 1. The van der Waals surface area contributed by atoms with Crippen LogP contribution in [-0.4, -0.2) is 44.2 Å². The number of hydrogen-bond donors (Lipinski definition) is 1. The van der Waals surface area contributed by atoms with Crippen molar-refractivity contribution < 1.29 is 13.2 Å². The molecule has 168 valence electrons. The lowest BCUT2D eigenvalue weighted by Crippen LogP contribution is -2.45. The molecule has 1 N–H and O–H groups in total. The highest BCUT2D eigenvalue weighted by molar-refractivity contribution is 7.91. The van der Waals surface area contributed by atoms with Crippen LogP contribution in [0.3, 0.4) is 0 Å². The molecule has 0 atom stereocenters. The summed E-state index contributed by atoms with van der Waals surface area (Å²) < 4.78 is 25.5. The van der Waals surface area contributed by atoms with Gasteiger partial charge in [0, 0.05) is 48.2 Å². The normalized spacial score (nSPS) is 15.1. The zero-order valence-electron chi connectivity index (χ0n) is 17.9. The Labute approximate surface area is 193 Å². The second-order valence-electron chi connectivity index (χ2n) is 8.21. The maximum Gasteiger partial charge on any atom is 0.221 e. The number of nitrogens with zero attached hydrogens (tertiary/aromatic N) is 2. The highest BCUT2D eigenvalue weighted by Crippen LogP contribution is 2.24. The molecule has 8 heteroatoms. The molecule has 1 aliphatic heterocycles. The van der Waals surface area contributed by atoms with Gasteiger partial charge in [-0.15, -0.1) is 0 Å². The van der Waals surface area contributed by atoms with Crippen LogP contribution in [0.4, 0.5) is 5.69 Å². The maximum atomic E-state index is 12.7. The first kappa shape index (κ1) is 22.6. The highest BCUT2D eigenvalue weighted by atomic mass is 35.5. The van der Waals surface area contributed by atoms with Crippen molar-refractivity contribution >= 4 is 43.8 Å². The van der Waals surface area contributed by atoms with Crippen LogP contribution in [0.5, 0.6) is 0 Å². The standard InChI is InChI=1S/C24H26ClN3O3S/c1-17-14-22(6-10-26-17)28-11-7-21(8-12-28)27-24(29)9-13-32(30,31)23-5-3-18-15-20(25)4-2-19(18)16-23/h2-6,10,14-16,21H,7-9,11-13H2,1H3,(H,27,29). The molecule has 1 aliphatic rings. The molecule has 1 amide bonds. The summed E-state index contributed by atoms with van der Waals surface area (Å²) in [5.41, 5.74) is 2.13. The molecule has 1 aromatic heterocycles. The van der Waals surface area contributed by atoms with E-state index in [-0.39, 0.29) is 29.0 Å². The van der Waals surface area contributed by atoms with Crippen LogP contribution in [0.25, 0.3) is 10.8 Å². The lowest BCUT2D eigenvalue weighted by molar-refractivity contribution is -0.121. The fourth-order valence-electron chi connectivity index (χ4n) is 4.04. The number of hydrogen-bond acceptors (Lipinski definition) is 5. The predicted molar refractivity (Wildman–Crippen MR) is 128 cm³/mol. The summed E-state index contributed by atoms with van der Waals surface area (Å²) in [5.74, 6) is -0.438. The summed E-state index contributed by atoms with van der Waals surface area (Å²) in [6, 6.07) is 14.4. The number of rotatable bonds is 6. The summed E-state index contributed by atoms with van der Waals surface area (Å²) in [4.78, 5) is 19.2. The predicted octanol–water partition coefficient (Wildman–Crippen LogP) is 4.15. The van der Waals surface area contributed by atoms with Gasteiger partial charge < -0.3 is 10.2 Å². The fourth-order valence-corrected chi connectivity index (χ4v) is 5.49. The van der Waals surface area contributed by atoms with E-state index in [2.05, 4.69) is 21.3 Å². The van der Waals surface area contributed by atoms with Gasteiger partial charge in [-0.25, -0.2) is 8.42 Å². The summed E-state index contributed by atoms with van der Waals surface area (Å²) in [7, 11) is -3.55. The zero-order chi connectivity index (χ0) is 22.7. The first-order valence-electron chi connectivity index (χ1n) is 10.7. The van der Waals surface area contributed by atoms with Gasteiger partial charge in [-0.3, -0.25) is 9.78 Å². The smallest absolute Gasteiger partial charge is 0.221 e. The number of amides is 1. The molecule has 0 aliphatic carbocycles. The van der Waals surface area contributed by atoms with E-state index in [0.29, 0.717) is 5.02 Å². The molecule has 1 fully saturated rings. The number of benzene rings is 2. The van der Waals surface area contributed by atoms with Crippen LogP contribution >= 0.6 is 11.6 Å². The third-order valence-electron chi connectivity index (χ3n) is 5.84. The maximum absolute atomic E-state index is 12.7. The molecule has 3 aromatic rings. The van der Waals surface area contributed by atoms with E-state index < -0.39 is 9.84 Å². The first-order chi connectivity index (χ1) is 15.3. The number of halogens is 1. The van der Waals surface area contributed by atoms with Crippen LogP contribution in [0.15, 0.2) is 59.6 Å². The van der Waals surface area contributed by atoms with Crippen molar-refractivity contribution in [3.05, 3.63) is 65.4 Å². The van der Waals surface area contributed by atoms with Crippen molar-refractivity contribution in [2.45, 2.75) is 37.1 Å². The van der Waals surface area contributed by atoms with E-state index in [4.69, 9.17) is 11.6 Å². The van der Waals surface area contributed by atoms with Gasteiger partial charge in [0.05, 0.1) is 10.6 Å². The van der Waals surface area contributed by atoms with Crippen molar-refractivity contribution in [1.82, 2.24) is 10.3 Å². The number of sulfone groups is 1. The van der Waals surface area contributed by atoms with Crippen LogP contribution in [0.2, 0.25) is 5.02 Å². The molecule has 32 heavy (non-hydrogen) atoms. The summed E-state index contributed by atoms with van der Waals surface area (Å²) in [5, 5.41) is 5.29. The Morgan fingerprint density at radius 1 is 1.09 bits per heavy atom. The van der Waals surface area contributed by atoms with Crippen LogP contribution in [0, 0.1) is 6.92 Å². The van der Waals surface area contributed by atoms with Gasteiger partial charge in [0.2, 0.25) is 5.91 Å². The van der Waals surface area contributed by atoms with Crippen molar-refractivity contribution in [1.29, 1.82) is 0 Å². The van der Waals surface area contributed by atoms with E-state index in [1.165, 1.54) is 0 Å². The SMILES string of the molecule is Cc1cc(N2CCC(NC(=O)CCS(=O)(=O)c3ccc4cc(Cl)ccc4c3)CC2)ccn1. The second kappa shape index (κ2) is 9.46. The van der Waals surface area contributed by atoms with E-state index in [0.717, 1.165) is 48.1 Å². The number of aryl methyl sites for hydroxylation is 1. The number of carbonyl (C=O) groups excluding carboxylic acids is 1. The van der Waals surface area contributed by atoms with Crippen LogP contribution < -0.4 is 10.2 Å². The summed E-state index contributed by atoms with van der Waals surface area (Å²) >= 11 is 5.99. The number of fused-ring (bicyclic) bond motifs is 1. The largest absolute Gasteiger partial charge is 0.371 e. The number of pyridine rings is 1. The first-order valence-corrected chi connectivity index (χ1v) is 12.7. The zero-order valence-corrected chi connectivity index (χ0v) is 19.5. The van der Waals surface area contributed by atoms with Gasteiger partial charge in [-0.2, -0.15) is 0 Å². The molecular weight excluding hydrogens is 446 g/mol. The average Bonchev–Trinajstić information content (AvgIpc) is 2.78. The monoisotopic (exact) mass is 471 g/mol. The Kier molecular flexibility index (Phi) is 6.67. The third kappa shape index (κ3) is 5.40. The van der Waals surface area contributed by atoms with E-state index in [1.807, 2.05) is 19.2 Å². The van der Waals surface area contributed by atoms with Gasteiger partial charge in [0.25, 0.3) is 0 Å². The van der Waals surface area contributed by atoms with Gasteiger partial charge in [-0.05, 0) is 66.9 Å². The molecule has 2 heterocycles. The summed E-state index contributed by atoms with van der Waals surface area (Å²) in [6.07, 6.45) is 3.41. The van der Waals surface area contributed by atoms with Crippen molar-refractivity contribution in [2.24, 2.45) is 0 Å². The quantitative estimate of drug-likeness (QED) is 0.584. The Hall–Kier alpha value is -2.64.